The number of sulfonamides is 1. The Balaban J connectivity index is 1.49. The summed E-state index contributed by atoms with van der Waals surface area (Å²) in [6.07, 6.45) is 8.33. The highest BCUT2D eigenvalue weighted by Gasteiger charge is 2.29. The Hall–Kier alpha value is -2.84. The van der Waals surface area contributed by atoms with Crippen LogP contribution in [0.1, 0.15) is 43.2 Å². The highest BCUT2D eigenvalue weighted by atomic mass is 32.2. The highest BCUT2D eigenvalue weighted by Crippen LogP contribution is 2.30. The number of carbonyl (C=O) groups excluding carboxylic acids is 1. The third kappa shape index (κ3) is 5.87. The molecule has 8 heteroatoms. The smallest absolute Gasteiger partial charge is 0.246 e. The molecule has 2 saturated heterocycles. The molecule has 2 aromatic rings. The molecular formula is C27H35N3O4S. The highest BCUT2D eigenvalue weighted by molar-refractivity contribution is 7.89. The number of nitrogens with zero attached hydrogens (tertiary/aromatic N) is 3. The number of hydrogen-bond donors (Lipinski definition) is 0. The fourth-order valence-corrected chi connectivity index (χ4v) is 6.49. The van der Waals surface area contributed by atoms with E-state index in [9.17, 15) is 13.2 Å². The maximum absolute atomic E-state index is 13.3. The molecule has 2 fully saturated rings. The molecule has 4 rings (SSSR count). The van der Waals surface area contributed by atoms with E-state index in [4.69, 9.17) is 4.74 Å². The van der Waals surface area contributed by atoms with Crippen LogP contribution in [0.5, 0.6) is 5.75 Å². The Morgan fingerprint density at radius 3 is 2.40 bits per heavy atom. The minimum atomic E-state index is -3.66. The Bertz CT molecular complexity index is 1170. The predicted molar refractivity (Wildman–Crippen MR) is 139 cm³/mol. The summed E-state index contributed by atoms with van der Waals surface area (Å²) in [5.41, 5.74) is 2.95. The lowest BCUT2D eigenvalue weighted by Crippen LogP contribution is -2.35. The van der Waals surface area contributed by atoms with Gasteiger partial charge in [0.25, 0.3) is 0 Å². The molecule has 2 aromatic carbocycles. The van der Waals surface area contributed by atoms with E-state index < -0.39 is 10.0 Å². The molecule has 0 aliphatic carbocycles. The van der Waals surface area contributed by atoms with Crippen molar-refractivity contribution in [3.63, 3.8) is 0 Å². The van der Waals surface area contributed by atoms with Gasteiger partial charge in [0.1, 0.15) is 10.6 Å². The summed E-state index contributed by atoms with van der Waals surface area (Å²) >= 11 is 0. The summed E-state index contributed by atoms with van der Waals surface area (Å²) in [5, 5.41) is 0. The molecule has 0 saturated carbocycles. The predicted octanol–water partition coefficient (Wildman–Crippen LogP) is 4.14. The summed E-state index contributed by atoms with van der Waals surface area (Å²) in [5.74, 6) is 0.173. The second kappa shape index (κ2) is 11.3. The number of amides is 1. The van der Waals surface area contributed by atoms with Crippen molar-refractivity contribution in [3.05, 3.63) is 59.7 Å². The number of rotatable bonds is 8. The van der Waals surface area contributed by atoms with Crippen LogP contribution in [0.4, 0.5) is 5.69 Å². The largest absolute Gasteiger partial charge is 0.495 e. The second-order valence-electron chi connectivity index (χ2n) is 9.23. The standard InChI is InChI=1S/C27H35N3O4S/c1-28(21-23-10-4-5-11-24(23)29-16-8-9-17-29)27(31)15-13-22-12-14-25(34-2)26(20-22)35(32,33)30-18-6-3-7-19-30/h4-5,10-15,20H,3,6-9,16-19,21H2,1-2H3. The van der Waals surface area contributed by atoms with Crippen molar-refractivity contribution in [1.29, 1.82) is 0 Å². The van der Waals surface area contributed by atoms with E-state index in [1.165, 1.54) is 36.0 Å². The number of benzene rings is 2. The first-order valence-electron chi connectivity index (χ1n) is 12.3. The maximum atomic E-state index is 13.3. The molecule has 2 aliphatic rings. The van der Waals surface area contributed by atoms with E-state index in [-0.39, 0.29) is 10.8 Å². The van der Waals surface area contributed by atoms with Crippen molar-refractivity contribution in [2.45, 2.75) is 43.5 Å². The van der Waals surface area contributed by atoms with E-state index in [0.29, 0.717) is 30.9 Å². The zero-order valence-corrected chi connectivity index (χ0v) is 21.5. The lowest BCUT2D eigenvalue weighted by Gasteiger charge is -2.26. The summed E-state index contributed by atoms with van der Waals surface area (Å²) < 4.78 is 33.4. The zero-order chi connectivity index (χ0) is 24.8. The number of hydrogen-bond acceptors (Lipinski definition) is 5. The van der Waals surface area contributed by atoms with Gasteiger partial charge in [-0.3, -0.25) is 4.79 Å². The summed E-state index contributed by atoms with van der Waals surface area (Å²) in [4.78, 5) is 17.1. The maximum Gasteiger partial charge on any atom is 0.246 e. The third-order valence-corrected chi connectivity index (χ3v) is 8.68. The summed E-state index contributed by atoms with van der Waals surface area (Å²) in [7, 11) is -0.405. The fourth-order valence-electron chi connectivity index (χ4n) is 4.78. The van der Waals surface area contributed by atoms with E-state index in [0.717, 1.165) is 37.9 Å². The normalized spacial score (nSPS) is 17.1. The van der Waals surface area contributed by atoms with Gasteiger partial charge in [0.05, 0.1) is 7.11 Å². The molecule has 0 atom stereocenters. The molecule has 2 aliphatic heterocycles. The van der Waals surface area contributed by atoms with Crippen LogP contribution in [0.3, 0.4) is 0 Å². The molecule has 7 nitrogen and oxygen atoms in total. The average molecular weight is 498 g/mol. The van der Waals surface area contributed by atoms with Crippen LogP contribution in [0.2, 0.25) is 0 Å². The van der Waals surface area contributed by atoms with E-state index >= 15 is 0 Å². The Morgan fingerprint density at radius 2 is 1.69 bits per heavy atom. The quantitative estimate of drug-likeness (QED) is 0.513. The van der Waals surface area contributed by atoms with Crippen molar-refractivity contribution in [2.75, 3.05) is 45.2 Å². The van der Waals surface area contributed by atoms with Crippen LogP contribution < -0.4 is 9.64 Å². The van der Waals surface area contributed by atoms with Crippen molar-refractivity contribution in [3.8, 4) is 5.75 Å². The molecular weight excluding hydrogens is 462 g/mol. The number of anilines is 1. The van der Waals surface area contributed by atoms with Crippen LogP contribution in [0.15, 0.2) is 53.4 Å². The molecule has 1 amide bonds. The van der Waals surface area contributed by atoms with Crippen LogP contribution in [0, 0.1) is 0 Å². The van der Waals surface area contributed by atoms with E-state index in [1.807, 2.05) is 12.1 Å². The van der Waals surface area contributed by atoms with Gasteiger partial charge in [-0.05, 0) is 61.1 Å². The zero-order valence-electron chi connectivity index (χ0n) is 20.7. The SMILES string of the molecule is COc1ccc(C=CC(=O)N(C)Cc2ccccc2N2CCCC2)cc1S(=O)(=O)N1CCCCC1. The van der Waals surface area contributed by atoms with Crippen molar-refractivity contribution < 1.29 is 17.9 Å². The molecule has 188 valence electrons. The van der Waals surface area contributed by atoms with Gasteiger partial charge < -0.3 is 14.5 Å². The summed E-state index contributed by atoms with van der Waals surface area (Å²) in [6, 6.07) is 13.2. The monoisotopic (exact) mass is 497 g/mol. The number of piperidine rings is 1. The number of likely N-dealkylation sites (N-methyl/N-ethyl adjacent to an activating group) is 1. The second-order valence-corrected chi connectivity index (χ2v) is 11.1. The lowest BCUT2D eigenvalue weighted by atomic mass is 10.1. The topological polar surface area (TPSA) is 70.2 Å². The number of para-hydroxylation sites is 1. The van der Waals surface area contributed by atoms with E-state index in [1.54, 1.807) is 36.2 Å². The molecule has 0 N–H and O–H groups in total. The Kier molecular flexibility index (Phi) is 8.13. The van der Waals surface area contributed by atoms with Gasteiger partial charge >= 0.3 is 0 Å². The number of methoxy groups -OCH3 is 1. The van der Waals surface area contributed by atoms with Crippen LogP contribution in [0.25, 0.3) is 6.08 Å². The fraction of sp³-hybridized carbons (Fsp3) is 0.444. The molecule has 0 radical (unpaired) electrons. The van der Waals surface area contributed by atoms with Gasteiger partial charge in [0, 0.05) is 51.5 Å². The van der Waals surface area contributed by atoms with Crippen molar-refractivity contribution in [2.24, 2.45) is 0 Å². The molecule has 0 spiro atoms. The molecule has 0 unspecified atom stereocenters. The van der Waals surface area contributed by atoms with E-state index in [2.05, 4.69) is 17.0 Å². The van der Waals surface area contributed by atoms with Crippen LogP contribution in [-0.4, -0.2) is 63.9 Å². The minimum absolute atomic E-state index is 0.141. The average Bonchev–Trinajstić information content (AvgIpc) is 3.43. The van der Waals surface area contributed by atoms with Gasteiger partial charge in [0.2, 0.25) is 15.9 Å². The Labute approximate surface area is 209 Å². The molecule has 0 bridgehead atoms. The van der Waals surface area contributed by atoms with Crippen molar-refractivity contribution >= 4 is 27.7 Å². The van der Waals surface area contributed by atoms with Crippen LogP contribution >= 0.6 is 0 Å². The molecule has 35 heavy (non-hydrogen) atoms. The number of ether oxygens (including phenoxy) is 1. The third-order valence-electron chi connectivity index (χ3n) is 6.76. The first kappa shape index (κ1) is 25.3. The Morgan fingerprint density at radius 1 is 1.00 bits per heavy atom. The molecule has 2 heterocycles. The minimum Gasteiger partial charge on any atom is -0.495 e. The lowest BCUT2D eigenvalue weighted by molar-refractivity contribution is -0.125. The summed E-state index contributed by atoms with van der Waals surface area (Å²) in [6.45, 7) is 3.65. The van der Waals surface area contributed by atoms with Gasteiger partial charge in [-0.1, -0.05) is 30.7 Å². The molecule has 0 aromatic heterocycles. The van der Waals surface area contributed by atoms with Gasteiger partial charge in [0.15, 0.2) is 0 Å². The number of carbonyl (C=O) groups is 1. The van der Waals surface area contributed by atoms with Gasteiger partial charge in [-0.25, -0.2) is 8.42 Å². The van der Waals surface area contributed by atoms with Gasteiger partial charge in [-0.15, -0.1) is 0 Å². The van der Waals surface area contributed by atoms with Crippen LogP contribution in [-0.2, 0) is 21.4 Å². The van der Waals surface area contributed by atoms with Crippen molar-refractivity contribution in [1.82, 2.24) is 9.21 Å². The van der Waals surface area contributed by atoms with Gasteiger partial charge in [-0.2, -0.15) is 4.31 Å². The first-order valence-corrected chi connectivity index (χ1v) is 13.8. The first-order chi connectivity index (χ1) is 16.9.